The lowest BCUT2D eigenvalue weighted by molar-refractivity contribution is -0.163. The minimum Gasteiger partial charge on any atom is -0.414 e. The molecule has 0 N–H and O–H groups in total. The summed E-state index contributed by atoms with van der Waals surface area (Å²) in [4.78, 5) is 15.3. The molecule has 3 atom stereocenters. The number of hydrogen-bond acceptors (Lipinski definition) is 5. The fourth-order valence-electron chi connectivity index (χ4n) is 3.63. The van der Waals surface area contributed by atoms with E-state index in [9.17, 15) is 4.79 Å². The number of carbonyl (C=O) groups excluding carboxylic acids is 1. The maximum absolute atomic E-state index is 13.4. The minimum absolute atomic E-state index is 0.0224. The van der Waals surface area contributed by atoms with Crippen LogP contribution < -0.4 is 0 Å². The quantitative estimate of drug-likeness (QED) is 0.441. The van der Waals surface area contributed by atoms with Crippen molar-refractivity contribution >= 4 is 22.5 Å². The van der Waals surface area contributed by atoms with Crippen molar-refractivity contribution in [1.29, 1.82) is 0 Å². The summed E-state index contributed by atoms with van der Waals surface area (Å²) in [5.41, 5.74) is 0. The van der Waals surface area contributed by atoms with E-state index in [-0.39, 0.29) is 22.1 Å². The molecule has 1 amide bonds. The molecule has 0 bridgehead atoms. The van der Waals surface area contributed by atoms with Gasteiger partial charge in [0.15, 0.2) is 28.5 Å². The molecule has 2 aliphatic rings. The van der Waals surface area contributed by atoms with E-state index in [1.807, 2.05) is 18.7 Å². The normalized spacial score (nSPS) is 25.9. The van der Waals surface area contributed by atoms with Gasteiger partial charge in [-0.15, -0.1) is 0 Å². The van der Waals surface area contributed by atoms with Crippen molar-refractivity contribution in [2.24, 2.45) is 0 Å². The Kier molecular flexibility index (Phi) is 8.23. The highest BCUT2D eigenvalue weighted by molar-refractivity contribution is 6.74. The molecule has 0 radical (unpaired) electrons. The molecule has 2 rings (SSSR count). The Morgan fingerprint density at radius 3 is 1.94 bits per heavy atom. The van der Waals surface area contributed by atoms with Crippen LogP contribution in [0.4, 0.5) is 0 Å². The number of nitrogens with zero attached hydrogens (tertiary/aromatic N) is 1. The van der Waals surface area contributed by atoms with E-state index < -0.39 is 34.6 Å². The van der Waals surface area contributed by atoms with Crippen molar-refractivity contribution in [1.82, 2.24) is 4.90 Å². The SMILES string of the molecule is CC1(C)O[C@H]([C@@H](CO[Si](C)(C)C(C)(C)C)O[Si](C)(C)C(C)(C)C)[C@H](C(=O)N2CCCC2)O1. The van der Waals surface area contributed by atoms with E-state index >= 15 is 0 Å². The van der Waals surface area contributed by atoms with Gasteiger partial charge in [-0.25, -0.2) is 0 Å². The Balaban J connectivity index is 2.35. The molecule has 0 saturated carbocycles. The van der Waals surface area contributed by atoms with Crippen LogP contribution in [0.25, 0.3) is 0 Å². The Bertz CT molecular complexity index is 660. The monoisotopic (exact) mass is 487 g/mol. The van der Waals surface area contributed by atoms with Gasteiger partial charge in [0, 0.05) is 13.1 Å². The summed E-state index contributed by atoms with van der Waals surface area (Å²) in [5.74, 6) is -0.814. The lowest BCUT2D eigenvalue weighted by Gasteiger charge is -2.43. The van der Waals surface area contributed by atoms with Gasteiger partial charge in [-0.1, -0.05) is 41.5 Å². The molecule has 8 heteroatoms. The Morgan fingerprint density at radius 1 is 0.969 bits per heavy atom. The first kappa shape index (κ1) is 28.0. The van der Waals surface area contributed by atoms with Crippen LogP contribution in [0.5, 0.6) is 0 Å². The van der Waals surface area contributed by atoms with Crippen molar-refractivity contribution in [3.8, 4) is 0 Å². The summed E-state index contributed by atoms with van der Waals surface area (Å²) >= 11 is 0. The third kappa shape index (κ3) is 6.45. The summed E-state index contributed by atoms with van der Waals surface area (Å²) < 4.78 is 26.1. The van der Waals surface area contributed by atoms with Crippen LogP contribution in [0.2, 0.25) is 36.3 Å². The van der Waals surface area contributed by atoms with Gasteiger partial charge in [-0.2, -0.15) is 0 Å². The zero-order valence-corrected chi connectivity index (χ0v) is 24.8. The first-order valence-corrected chi connectivity index (χ1v) is 18.1. The van der Waals surface area contributed by atoms with Crippen molar-refractivity contribution in [2.45, 2.75) is 129 Å². The van der Waals surface area contributed by atoms with Crippen LogP contribution in [0.3, 0.4) is 0 Å². The Hall–Kier alpha value is -0.256. The van der Waals surface area contributed by atoms with Crippen LogP contribution >= 0.6 is 0 Å². The van der Waals surface area contributed by atoms with E-state index in [1.54, 1.807) is 0 Å². The second-order valence-electron chi connectivity index (χ2n) is 13.0. The molecule has 0 aromatic rings. The molecule has 2 saturated heterocycles. The zero-order chi connectivity index (χ0) is 24.8. The number of amides is 1. The summed E-state index contributed by atoms with van der Waals surface area (Å²) in [6, 6.07) is 0. The highest BCUT2D eigenvalue weighted by atomic mass is 28.4. The van der Waals surface area contributed by atoms with Crippen LogP contribution in [0.1, 0.15) is 68.2 Å². The minimum atomic E-state index is -2.14. The second-order valence-corrected chi connectivity index (χ2v) is 22.6. The van der Waals surface area contributed by atoms with Crippen molar-refractivity contribution in [3.63, 3.8) is 0 Å². The molecule has 188 valence electrons. The van der Waals surface area contributed by atoms with Gasteiger partial charge >= 0.3 is 0 Å². The zero-order valence-electron chi connectivity index (χ0n) is 22.8. The topological polar surface area (TPSA) is 57.2 Å². The molecule has 2 aliphatic heterocycles. The van der Waals surface area contributed by atoms with Crippen LogP contribution in [-0.2, 0) is 23.1 Å². The van der Waals surface area contributed by atoms with E-state index in [4.69, 9.17) is 18.3 Å². The summed E-state index contributed by atoms with van der Waals surface area (Å²) in [5, 5.41) is 0.122. The fraction of sp³-hybridized carbons (Fsp3) is 0.958. The second kappa shape index (κ2) is 9.42. The van der Waals surface area contributed by atoms with Crippen molar-refractivity contribution in [2.75, 3.05) is 19.7 Å². The van der Waals surface area contributed by atoms with Crippen LogP contribution in [0.15, 0.2) is 0 Å². The van der Waals surface area contributed by atoms with Crippen LogP contribution in [-0.4, -0.2) is 71.2 Å². The van der Waals surface area contributed by atoms with Gasteiger partial charge in [0.1, 0.15) is 6.10 Å². The van der Waals surface area contributed by atoms with Crippen LogP contribution in [0, 0.1) is 0 Å². The molecular weight excluding hydrogens is 438 g/mol. The lowest BCUT2D eigenvalue weighted by atomic mass is 10.1. The molecule has 2 fully saturated rings. The summed E-state index contributed by atoms with van der Waals surface area (Å²) in [6.45, 7) is 28.1. The third-order valence-corrected chi connectivity index (χ3v) is 16.8. The molecule has 6 nitrogen and oxygen atoms in total. The molecule has 32 heavy (non-hydrogen) atoms. The number of carbonyl (C=O) groups is 1. The Labute approximate surface area is 199 Å². The number of likely N-dealkylation sites (tertiary alicyclic amines) is 1. The van der Waals surface area contributed by atoms with Crippen molar-refractivity contribution in [3.05, 3.63) is 0 Å². The van der Waals surface area contributed by atoms with Gasteiger partial charge < -0.3 is 23.2 Å². The first-order chi connectivity index (χ1) is 14.3. The van der Waals surface area contributed by atoms with E-state index in [2.05, 4.69) is 67.7 Å². The molecular formula is C24H49NO5Si2. The molecule has 0 aromatic carbocycles. The molecule has 2 heterocycles. The number of rotatable bonds is 7. The fourth-order valence-corrected chi connectivity index (χ4v) is 5.95. The molecule has 0 spiro atoms. The van der Waals surface area contributed by atoms with Gasteiger partial charge in [0.2, 0.25) is 0 Å². The third-order valence-electron chi connectivity index (χ3n) is 7.82. The van der Waals surface area contributed by atoms with E-state index in [0.29, 0.717) is 6.61 Å². The summed E-state index contributed by atoms with van der Waals surface area (Å²) in [7, 11) is -4.15. The average molecular weight is 488 g/mol. The molecule has 0 unspecified atom stereocenters. The van der Waals surface area contributed by atoms with Gasteiger partial charge in [0.05, 0.1) is 12.7 Å². The molecule has 0 aromatic heterocycles. The van der Waals surface area contributed by atoms with Gasteiger partial charge in [0.25, 0.3) is 5.91 Å². The average Bonchev–Trinajstić information content (AvgIpc) is 3.23. The predicted molar refractivity (Wildman–Crippen MR) is 135 cm³/mol. The predicted octanol–water partition coefficient (Wildman–Crippen LogP) is 5.54. The first-order valence-electron chi connectivity index (χ1n) is 12.2. The largest absolute Gasteiger partial charge is 0.414 e. The Morgan fingerprint density at radius 2 is 1.47 bits per heavy atom. The summed E-state index contributed by atoms with van der Waals surface area (Å²) in [6.07, 6.45) is 0.582. The molecule has 0 aliphatic carbocycles. The standard InChI is InChI=1S/C24H49NO5Si2/c1-22(2,3)31(9,10)27-17-18(30-32(11,12)23(4,5)6)19-20(29-24(7,8)28-19)21(26)25-15-13-14-16-25/h18-20H,13-17H2,1-12H3/t18-,19-,20-/m1/s1. The number of hydrogen-bond donors (Lipinski definition) is 0. The maximum Gasteiger partial charge on any atom is 0.254 e. The van der Waals surface area contributed by atoms with Gasteiger partial charge in [-0.05, 0) is 63.0 Å². The highest BCUT2D eigenvalue weighted by Crippen LogP contribution is 2.41. The van der Waals surface area contributed by atoms with Crippen molar-refractivity contribution < 1.29 is 23.1 Å². The lowest BCUT2D eigenvalue weighted by Crippen LogP contribution is -2.55. The smallest absolute Gasteiger partial charge is 0.254 e. The van der Waals surface area contributed by atoms with Gasteiger partial charge in [-0.3, -0.25) is 4.79 Å². The van der Waals surface area contributed by atoms with E-state index in [0.717, 1.165) is 25.9 Å². The highest BCUT2D eigenvalue weighted by Gasteiger charge is 2.53. The van der Waals surface area contributed by atoms with E-state index in [1.165, 1.54) is 0 Å². The number of ether oxygens (including phenoxy) is 2. The maximum atomic E-state index is 13.4.